The number of ether oxygens (including phenoxy) is 1. The molecule has 20 heavy (non-hydrogen) atoms. The maximum atomic E-state index is 12.2. The van der Waals surface area contributed by atoms with Gasteiger partial charge in [-0.3, -0.25) is 9.48 Å². The Balaban J connectivity index is 2.13. The maximum Gasteiger partial charge on any atom is 0.276 e. The summed E-state index contributed by atoms with van der Waals surface area (Å²) in [6.07, 6.45) is 3.00. The Bertz CT molecular complexity index is 591. The van der Waals surface area contributed by atoms with Crippen LogP contribution >= 0.6 is 0 Å². The minimum Gasteiger partial charge on any atom is -0.478 e. The number of carbonyl (C=O) groups excluding carboxylic acids is 1. The summed E-state index contributed by atoms with van der Waals surface area (Å²) in [7, 11) is 0. The molecule has 106 valence electrons. The molecule has 2 aromatic rings. The lowest BCUT2D eigenvalue weighted by molar-refractivity contribution is 0.101. The Morgan fingerprint density at radius 3 is 2.80 bits per heavy atom. The lowest BCUT2D eigenvalue weighted by atomic mass is 10.3. The third kappa shape index (κ3) is 2.87. The molecule has 0 aromatic carbocycles. The summed E-state index contributed by atoms with van der Waals surface area (Å²) in [5.74, 6) is 0.205. The van der Waals surface area contributed by atoms with Crippen LogP contribution in [0, 0.1) is 0 Å². The van der Waals surface area contributed by atoms with E-state index in [2.05, 4.69) is 15.4 Å². The zero-order chi connectivity index (χ0) is 14.5. The topological polar surface area (TPSA) is 95.1 Å². The molecule has 0 radical (unpaired) electrons. The van der Waals surface area contributed by atoms with Crippen LogP contribution in [-0.4, -0.2) is 27.3 Å². The molecule has 2 heterocycles. The van der Waals surface area contributed by atoms with Crippen LogP contribution in [0.1, 0.15) is 24.3 Å². The summed E-state index contributed by atoms with van der Waals surface area (Å²) in [6.45, 7) is 4.89. The van der Waals surface area contributed by atoms with Gasteiger partial charge in [-0.1, -0.05) is 0 Å². The summed E-state index contributed by atoms with van der Waals surface area (Å²) in [6, 6.07) is 3.42. The predicted octanol–water partition coefficient (Wildman–Crippen LogP) is 1.53. The number of aryl methyl sites for hydroxylation is 1. The van der Waals surface area contributed by atoms with E-state index in [0.29, 0.717) is 36.1 Å². The molecule has 0 saturated heterocycles. The number of hydrogen-bond donors (Lipinski definition) is 2. The zero-order valence-corrected chi connectivity index (χ0v) is 11.5. The van der Waals surface area contributed by atoms with Crippen LogP contribution in [0.15, 0.2) is 24.5 Å². The molecule has 0 fully saturated rings. The first-order chi connectivity index (χ1) is 9.65. The third-order valence-corrected chi connectivity index (χ3v) is 2.67. The molecule has 2 rings (SSSR count). The molecule has 7 heteroatoms. The molecular weight excluding hydrogens is 258 g/mol. The Morgan fingerprint density at radius 2 is 2.20 bits per heavy atom. The first kappa shape index (κ1) is 13.9. The smallest absolute Gasteiger partial charge is 0.276 e. The van der Waals surface area contributed by atoms with E-state index in [9.17, 15) is 4.79 Å². The van der Waals surface area contributed by atoms with E-state index in [1.54, 1.807) is 16.8 Å². The molecule has 0 aliphatic rings. The molecule has 0 unspecified atom stereocenters. The second-order valence-corrected chi connectivity index (χ2v) is 4.04. The number of nitrogen functional groups attached to an aromatic ring is 1. The standard InChI is InChI=1S/C13H17N5O2/c1-3-18-12(10(14)8-16-18)13(19)17-9-5-6-11(15-7-9)20-4-2/h5-8H,3-4,14H2,1-2H3,(H,17,19). The Morgan fingerprint density at radius 1 is 1.40 bits per heavy atom. The largest absolute Gasteiger partial charge is 0.478 e. The van der Waals surface area contributed by atoms with Crippen LogP contribution in [0.5, 0.6) is 5.88 Å². The number of aromatic nitrogens is 3. The van der Waals surface area contributed by atoms with Gasteiger partial charge in [-0.05, 0) is 19.9 Å². The fourth-order valence-corrected chi connectivity index (χ4v) is 1.77. The fraction of sp³-hybridized carbons (Fsp3) is 0.308. The summed E-state index contributed by atoms with van der Waals surface area (Å²) in [5.41, 5.74) is 7.03. The Kier molecular flexibility index (Phi) is 4.19. The molecule has 1 amide bonds. The summed E-state index contributed by atoms with van der Waals surface area (Å²) < 4.78 is 6.78. The predicted molar refractivity (Wildman–Crippen MR) is 75.7 cm³/mol. The maximum absolute atomic E-state index is 12.2. The summed E-state index contributed by atoms with van der Waals surface area (Å²) in [4.78, 5) is 16.3. The van der Waals surface area contributed by atoms with E-state index >= 15 is 0 Å². The molecule has 0 saturated carbocycles. The molecule has 0 bridgehead atoms. The van der Waals surface area contributed by atoms with Crippen molar-refractivity contribution in [3.63, 3.8) is 0 Å². The van der Waals surface area contributed by atoms with Gasteiger partial charge in [-0.25, -0.2) is 4.98 Å². The molecule has 0 aliphatic heterocycles. The van der Waals surface area contributed by atoms with Crippen molar-refractivity contribution in [1.82, 2.24) is 14.8 Å². The monoisotopic (exact) mass is 275 g/mol. The van der Waals surface area contributed by atoms with E-state index in [0.717, 1.165) is 0 Å². The highest BCUT2D eigenvalue weighted by Crippen LogP contribution is 2.15. The van der Waals surface area contributed by atoms with Crippen molar-refractivity contribution in [2.75, 3.05) is 17.7 Å². The average molecular weight is 275 g/mol. The van der Waals surface area contributed by atoms with Gasteiger partial charge in [0.1, 0.15) is 5.69 Å². The summed E-state index contributed by atoms with van der Waals surface area (Å²) in [5, 5.41) is 6.76. The minimum atomic E-state index is -0.312. The van der Waals surface area contributed by atoms with Gasteiger partial charge in [0.15, 0.2) is 0 Å². The lowest BCUT2D eigenvalue weighted by Gasteiger charge is -2.08. The second-order valence-electron chi connectivity index (χ2n) is 4.04. The Labute approximate surface area is 116 Å². The minimum absolute atomic E-state index is 0.312. The number of carbonyl (C=O) groups is 1. The average Bonchev–Trinajstić information content (AvgIpc) is 2.82. The van der Waals surface area contributed by atoms with E-state index < -0.39 is 0 Å². The van der Waals surface area contributed by atoms with Gasteiger partial charge in [0, 0.05) is 12.6 Å². The van der Waals surface area contributed by atoms with Crippen LogP contribution in [-0.2, 0) is 6.54 Å². The van der Waals surface area contributed by atoms with Gasteiger partial charge in [-0.15, -0.1) is 0 Å². The molecule has 0 aliphatic carbocycles. The van der Waals surface area contributed by atoms with Crippen LogP contribution in [0.3, 0.4) is 0 Å². The lowest BCUT2D eigenvalue weighted by Crippen LogP contribution is -2.18. The SMILES string of the molecule is CCOc1ccc(NC(=O)c2c(N)cnn2CC)cn1. The third-order valence-electron chi connectivity index (χ3n) is 2.67. The molecule has 0 atom stereocenters. The van der Waals surface area contributed by atoms with Gasteiger partial charge in [0.05, 0.1) is 30.4 Å². The normalized spacial score (nSPS) is 10.3. The van der Waals surface area contributed by atoms with Crippen molar-refractivity contribution in [3.05, 3.63) is 30.2 Å². The van der Waals surface area contributed by atoms with Crippen LogP contribution in [0.2, 0.25) is 0 Å². The van der Waals surface area contributed by atoms with Gasteiger partial charge in [-0.2, -0.15) is 5.10 Å². The van der Waals surface area contributed by atoms with E-state index in [1.807, 2.05) is 13.8 Å². The van der Waals surface area contributed by atoms with Crippen molar-refractivity contribution < 1.29 is 9.53 Å². The molecular formula is C13H17N5O2. The van der Waals surface area contributed by atoms with Crippen LogP contribution < -0.4 is 15.8 Å². The van der Waals surface area contributed by atoms with Crippen molar-refractivity contribution in [2.24, 2.45) is 0 Å². The first-order valence-corrected chi connectivity index (χ1v) is 6.37. The van der Waals surface area contributed by atoms with Crippen molar-refractivity contribution in [3.8, 4) is 5.88 Å². The van der Waals surface area contributed by atoms with Crippen molar-refractivity contribution in [2.45, 2.75) is 20.4 Å². The second kappa shape index (κ2) is 6.05. The van der Waals surface area contributed by atoms with Crippen molar-refractivity contribution in [1.29, 1.82) is 0 Å². The van der Waals surface area contributed by atoms with Gasteiger partial charge >= 0.3 is 0 Å². The number of nitrogens with zero attached hydrogens (tertiary/aromatic N) is 3. The fourth-order valence-electron chi connectivity index (χ4n) is 1.77. The number of nitrogens with two attached hydrogens (primary N) is 1. The number of rotatable bonds is 5. The van der Waals surface area contributed by atoms with Crippen LogP contribution in [0.25, 0.3) is 0 Å². The van der Waals surface area contributed by atoms with Crippen molar-refractivity contribution >= 4 is 17.3 Å². The molecule has 7 nitrogen and oxygen atoms in total. The van der Waals surface area contributed by atoms with Gasteiger partial charge < -0.3 is 15.8 Å². The van der Waals surface area contributed by atoms with Gasteiger partial charge in [0.2, 0.25) is 5.88 Å². The van der Waals surface area contributed by atoms with Gasteiger partial charge in [0.25, 0.3) is 5.91 Å². The van der Waals surface area contributed by atoms with Crippen LogP contribution in [0.4, 0.5) is 11.4 Å². The molecule has 3 N–H and O–H groups in total. The van der Waals surface area contributed by atoms with E-state index in [1.165, 1.54) is 12.4 Å². The molecule has 0 spiro atoms. The van der Waals surface area contributed by atoms with E-state index in [4.69, 9.17) is 10.5 Å². The zero-order valence-electron chi connectivity index (χ0n) is 11.5. The first-order valence-electron chi connectivity index (χ1n) is 6.37. The molecule has 2 aromatic heterocycles. The number of pyridine rings is 1. The Hall–Kier alpha value is -2.57. The highest BCUT2D eigenvalue weighted by Gasteiger charge is 2.16. The highest BCUT2D eigenvalue weighted by molar-refractivity contribution is 6.06. The number of hydrogen-bond acceptors (Lipinski definition) is 5. The summed E-state index contributed by atoms with van der Waals surface area (Å²) >= 11 is 0. The number of anilines is 2. The number of nitrogens with one attached hydrogen (secondary N) is 1. The highest BCUT2D eigenvalue weighted by atomic mass is 16.5. The van der Waals surface area contributed by atoms with E-state index in [-0.39, 0.29) is 5.91 Å². The quantitative estimate of drug-likeness (QED) is 0.862. The number of amides is 1.